The van der Waals surface area contributed by atoms with Crippen molar-refractivity contribution in [2.24, 2.45) is 0 Å². The summed E-state index contributed by atoms with van der Waals surface area (Å²) in [6, 6.07) is 6.08. The highest BCUT2D eigenvalue weighted by Crippen LogP contribution is 2.26. The highest BCUT2D eigenvalue weighted by molar-refractivity contribution is 7.85. The van der Waals surface area contributed by atoms with Gasteiger partial charge in [-0.05, 0) is 24.1 Å². The van der Waals surface area contributed by atoms with Gasteiger partial charge in [-0.2, -0.15) is 0 Å². The number of halogens is 1. The molecule has 0 spiro atoms. The van der Waals surface area contributed by atoms with Gasteiger partial charge in [0.2, 0.25) is 5.16 Å². The number of rotatable bonds is 5. The first-order valence-corrected chi connectivity index (χ1v) is 7.44. The van der Waals surface area contributed by atoms with Crippen molar-refractivity contribution in [1.82, 2.24) is 15.2 Å². The van der Waals surface area contributed by atoms with Gasteiger partial charge in [0.25, 0.3) is 0 Å². The van der Waals surface area contributed by atoms with E-state index in [1.807, 2.05) is 13.8 Å². The topological polar surface area (TPSA) is 58.6 Å². The van der Waals surface area contributed by atoms with Crippen LogP contribution in [0, 0.1) is 5.82 Å². The number of aromatic amines is 1. The highest BCUT2D eigenvalue weighted by Gasteiger charge is 2.22. The van der Waals surface area contributed by atoms with Crippen molar-refractivity contribution in [3.63, 3.8) is 0 Å². The van der Waals surface area contributed by atoms with Crippen LogP contribution < -0.4 is 0 Å². The van der Waals surface area contributed by atoms with Crippen molar-refractivity contribution >= 4 is 10.8 Å². The Hall–Kier alpha value is -1.56. The lowest BCUT2D eigenvalue weighted by atomic mass is 10.1. The van der Waals surface area contributed by atoms with Gasteiger partial charge in [0.1, 0.15) is 22.4 Å². The molecule has 1 N–H and O–H groups in total. The molecule has 0 saturated carbocycles. The van der Waals surface area contributed by atoms with Gasteiger partial charge in [-0.1, -0.05) is 26.0 Å². The third-order valence-electron chi connectivity index (χ3n) is 2.90. The summed E-state index contributed by atoms with van der Waals surface area (Å²) < 4.78 is 25.4. The lowest BCUT2D eigenvalue weighted by Crippen LogP contribution is -2.08. The Morgan fingerprint density at radius 3 is 2.53 bits per heavy atom. The van der Waals surface area contributed by atoms with Crippen LogP contribution in [0.15, 0.2) is 29.4 Å². The molecule has 0 unspecified atom stereocenters. The predicted octanol–water partition coefficient (Wildman–Crippen LogP) is 2.77. The number of aryl methyl sites for hydroxylation is 1. The van der Waals surface area contributed by atoms with Crippen LogP contribution in [0.3, 0.4) is 0 Å². The maximum absolute atomic E-state index is 12.9. The first-order chi connectivity index (χ1) is 9.15. The first kappa shape index (κ1) is 13.9. The summed E-state index contributed by atoms with van der Waals surface area (Å²) >= 11 is 0. The van der Waals surface area contributed by atoms with Crippen LogP contribution in [0.5, 0.6) is 0 Å². The Kier molecular flexibility index (Phi) is 4.42. The monoisotopic (exact) mass is 281 g/mol. The average Bonchev–Trinajstić information content (AvgIpc) is 2.90. The molecule has 1 heterocycles. The predicted molar refractivity (Wildman–Crippen MR) is 71.6 cm³/mol. The lowest BCUT2D eigenvalue weighted by molar-refractivity contribution is 0.625. The zero-order valence-corrected chi connectivity index (χ0v) is 11.7. The Bertz CT molecular complexity index is 568. The number of H-pyrrole nitrogens is 1. The molecule has 1 aromatic carbocycles. The van der Waals surface area contributed by atoms with Gasteiger partial charge < -0.3 is 0 Å². The van der Waals surface area contributed by atoms with Gasteiger partial charge in [0, 0.05) is 6.42 Å². The molecule has 6 heteroatoms. The van der Waals surface area contributed by atoms with E-state index in [1.54, 1.807) is 12.1 Å². The molecule has 0 fully saturated rings. The molecule has 0 aliphatic rings. The van der Waals surface area contributed by atoms with Crippen LogP contribution in [0.2, 0.25) is 0 Å². The van der Waals surface area contributed by atoms with Crippen LogP contribution in [0.1, 0.15) is 36.9 Å². The van der Waals surface area contributed by atoms with E-state index >= 15 is 0 Å². The smallest absolute Gasteiger partial charge is 0.239 e. The number of hydrogen-bond acceptors (Lipinski definition) is 3. The fraction of sp³-hybridized carbons (Fsp3) is 0.385. The maximum Gasteiger partial charge on any atom is 0.239 e. The van der Waals surface area contributed by atoms with E-state index in [9.17, 15) is 8.60 Å². The van der Waals surface area contributed by atoms with E-state index in [2.05, 4.69) is 15.2 Å². The quantitative estimate of drug-likeness (QED) is 0.916. The average molecular weight is 281 g/mol. The van der Waals surface area contributed by atoms with Crippen LogP contribution in [0.4, 0.5) is 4.39 Å². The Balaban J connectivity index is 2.26. The van der Waals surface area contributed by atoms with Gasteiger partial charge in [-0.3, -0.25) is 9.31 Å². The fourth-order valence-electron chi connectivity index (χ4n) is 1.84. The molecule has 2 atom stereocenters. The fourth-order valence-corrected chi connectivity index (χ4v) is 3.14. The standard InChI is InChI=1S/C13H16FN3OS/c1-3-11(9-5-7-10(14)8-6-9)19(18)13-15-12(4-2)16-17-13/h5-8,11H,3-4H2,1-2H3,(H,15,16,17)/t11-,19+/m1/s1. The van der Waals surface area contributed by atoms with Crippen molar-refractivity contribution in [2.75, 3.05) is 0 Å². The minimum Gasteiger partial charge on any atom is -0.262 e. The van der Waals surface area contributed by atoms with E-state index in [0.29, 0.717) is 11.6 Å². The summed E-state index contributed by atoms with van der Waals surface area (Å²) in [5.74, 6) is 0.424. The van der Waals surface area contributed by atoms with Crippen molar-refractivity contribution in [2.45, 2.75) is 37.1 Å². The van der Waals surface area contributed by atoms with Crippen molar-refractivity contribution in [3.8, 4) is 0 Å². The molecule has 0 aliphatic carbocycles. The summed E-state index contributed by atoms with van der Waals surface area (Å²) in [5, 5.41) is 6.84. The van der Waals surface area contributed by atoms with Crippen molar-refractivity contribution in [3.05, 3.63) is 41.5 Å². The number of nitrogens with one attached hydrogen (secondary N) is 1. The molecule has 0 aliphatic heterocycles. The Morgan fingerprint density at radius 1 is 1.32 bits per heavy atom. The molecule has 0 amide bonds. The second-order valence-corrected chi connectivity index (χ2v) is 5.69. The molecule has 19 heavy (non-hydrogen) atoms. The molecule has 2 rings (SSSR count). The highest BCUT2D eigenvalue weighted by atomic mass is 32.2. The van der Waals surface area contributed by atoms with E-state index in [4.69, 9.17) is 0 Å². The zero-order valence-electron chi connectivity index (χ0n) is 10.9. The van der Waals surface area contributed by atoms with Gasteiger partial charge in [0.05, 0.1) is 5.25 Å². The van der Waals surface area contributed by atoms with Crippen LogP contribution in [-0.4, -0.2) is 19.4 Å². The second kappa shape index (κ2) is 6.06. The number of nitrogens with zero attached hydrogens (tertiary/aromatic N) is 2. The van der Waals surface area contributed by atoms with Gasteiger partial charge in [-0.25, -0.2) is 9.37 Å². The molecular formula is C13H16FN3OS. The summed E-state index contributed by atoms with van der Waals surface area (Å²) in [4.78, 5) is 4.20. The molecule has 4 nitrogen and oxygen atoms in total. The van der Waals surface area contributed by atoms with Gasteiger partial charge in [0.15, 0.2) is 0 Å². The van der Waals surface area contributed by atoms with Gasteiger partial charge in [-0.15, -0.1) is 5.10 Å². The summed E-state index contributed by atoms with van der Waals surface area (Å²) in [6.45, 7) is 3.89. The van der Waals surface area contributed by atoms with Crippen LogP contribution in [-0.2, 0) is 17.2 Å². The summed E-state index contributed by atoms with van der Waals surface area (Å²) in [7, 11) is -1.34. The van der Waals surface area contributed by atoms with Crippen LogP contribution in [0.25, 0.3) is 0 Å². The van der Waals surface area contributed by atoms with E-state index < -0.39 is 10.8 Å². The van der Waals surface area contributed by atoms with E-state index in [0.717, 1.165) is 17.8 Å². The molecular weight excluding hydrogens is 265 g/mol. The zero-order chi connectivity index (χ0) is 13.8. The Labute approximate surface area is 113 Å². The SMILES string of the molecule is CCc1nc([S@@](=O)[C@H](CC)c2ccc(F)cc2)n[nH]1. The van der Waals surface area contributed by atoms with Crippen molar-refractivity contribution in [1.29, 1.82) is 0 Å². The van der Waals surface area contributed by atoms with Crippen molar-refractivity contribution < 1.29 is 8.60 Å². The number of benzene rings is 1. The molecule has 102 valence electrons. The van der Waals surface area contributed by atoms with E-state index in [1.165, 1.54) is 12.1 Å². The minimum absolute atomic E-state index is 0.221. The molecule has 2 aromatic rings. The normalized spacial score (nSPS) is 14.3. The number of aromatic nitrogens is 3. The minimum atomic E-state index is -1.34. The molecule has 0 saturated heterocycles. The summed E-state index contributed by atoms with van der Waals surface area (Å²) in [6.07, 6.45) is 1.39. The second-order valence-electron chi connectivity index (χ2n) is 4.16. The molecule has 0 radical (unpaired) electrons. The molecule has 0 bridgehead atoms. The molecule has 1 aromatic heterocycles. The maximum atomic E-state index is 12.9. The Morgan fingerprint density at radius 2 is 2.00 bits per heavy atom. The first-order valence-electron chi connectivity index (χ1n) is 6.23. The van der Waals surface area contributed by atoms with E-state index in [-0.39, 0.29) is 11.1 Å². The van der Waals surface area contributed by atoms with Gasteiger partial charge >= 0.3 is 0 Å². The number of hydrogen-bond donors (Lipinski definition) is 1. The summed E-state index contributed by atoms with van der Waals surface area (Å²) in [5.41, 5.74) is 0.838. The third kappa shape index (κ3) is 3.07. The van der Waals surface area contributed by atoms with Crippen LogP contribution >= 0.6 is 0 Å². The largest absolute Gasteiger partial charge is 0.262 e. The third-order valence-corrected chi connectivity index (χ3v) is 4.56. The lowest BCUT2D eigenvalue weighted by Gasteiger charge is -2.12.